The first kappa shape index (κ1) is 7.71. The Hall–Kier alpha value is -0.920. The Bertz CT molecular complexity index is 395. The predicted molar refractivity (Wildman–Crippen MR) is 47.2 cm³/mol. The molecular weight excluding hydrogens is 273 g/mol. The van der Waals surface area contributed by atoms with Crippen LogP contribution in [0.5, 0.6) is 0 Å². The van der Waals surface area contributed by atoms with Crippen LogP contribution >= 0.6 is 22.6 Å². The quantitative estimate of drug-likeness (QED) is 0.741. The second-order valence-electron chi connectivity index (χ2n) is 2.16. The van der Waals surface area contributed by atoms with Crippen molar-refractivity contribution >= 4 is 22.6 Å². The van der Waals surface area contributed by atoms with Gasteiger partial charge in [-0.05, 0) is 6.92 Å². The van der Waals surface area contributed by atoms with E-state index in [1.807, 2.05) is 22.6 Å². The zero-order chi connectivity index (χ0) is 8.55. The van der Waals surface area contributed by atoms with Crippen molar-refractivity contribution in [3.63, 3.8) is 0 Å². The zero-order valence-electron chi connectivity index (χ0n) is 6.11. The number of hydrogen-bond acceptors (Lipinski definition) is 5. The minimum atomic E-state index is 0.443. The van der Waals surface area contributed by atoms with Crippen LogP contribution in [0.1, 0.15) is 5.76 Å². The topological polar surface area (TPSA) is 65.0 Å². The van der Waals surface area contributed by atoms with Crippen LogP contribution in [0.2, 0.25) is 0 Å². The Labute approximate surface area is 81.3 Å². The second kappa shape index (κ2) is 2.85. The van der Waals surface area contributed by atoms with E-state index in [-0.39, 0.29) is 0 Å². The monoisotopic (exact) mass is 277 g/mol. The summed E-state index contributed by atoms with van der Waals surface area (Å²) < 4.78 is 10.5. The van der Waals surface area contributed by atoms with E-state index >= 15 is 0 Å². The molecule has 0 spiro atoms. The van der Waals surface area contributed by atoms with E-state index in [0.717, 1.165) is 5.56 Å². The number of rotatable bonds is 1. The highest BCUT2D eigenvalue weighted by Crippen LogP contribution is 2.21. The Kier molecular flexibility index (Phi) is 1.83. The molecule has 5 nitrogen and oxygen atoms in total. The molecule has 0 bridgehead atoms. The van der Waals surface area contributed by atoms with E-state index in [2.05, 4.69) is 15.4 Å². The van der Waals surface area contributed by atoms with Gasteiger partial charge in [0.15, 0.2) is 0 Å². The van der Waals surface area contributed by atoms with Crippen molar-refractivity contribution in [1.82, 2.24) is 15.4 Å². The maximum atomic E-state index is 5.17. The van der Waals surface area contributed by atoms with Crippen molar-refractivity contribution in [1.29, 1.82) is 0 Å². The number of halogens is 1. The smallest absolute Gasteiger partial charge is 0.278 e. The molecule has 2 aromatic rings. The summed E-state index contributed by atoms with van der Waals surface area (Å²) >= 11 is 1.95. The number of nitrogens with zero attached hydrogens (tertiary/aromatic N) is 3. The van der Waals surface area contributed by atoms with E-state index in [0.29, 0.717) is 15.5 Å². The van der Waals surface area contributed by atoms with Gasteiger partial charge in [-0.15, -0.1) is 10.2 Å². The summed E-state index contributed by atoms with van der Waals surface area (Å²) in [5.41, 5.74) is 0.741. The van der Waals surface area contributed by atoms with Crippen molar-refractivity contribution < 1.29 is 8.94 Å². The van der Waals surface area contributed by atoms with Crippen LogP contribution in [0.3, 0.4) is 0 Å². The molecule has 0 unspecified atom stereocenters. The summed E-state index contributed by atoms with van der Waals surface area (Å²) in [5.74, 6) is 1.12. The van der Waals surface area contributed by atoms with Gasteiger partial charge in [-0.1, -0.05) is 5.16 Å². The fourth-order valence-electron chi connectivity index (χ4n) is 0.818. The predicted octanol–water partition coefficient (Wildman–Crippen LogP) is 1.64. The van der Waals surface area contributed by atoms with Crippen LogP contribution in [0.25, 0.3) is 11.5 Å². The Morgan fingerprint density at radius 2 is 2.25 bits per heavy atom. The Morgan fingerprint density at radius 3 is 2.75 bits per heavy atom. The third-order valence-electron chi connectivity index (χ3n) is 1.38. The van der Waals surface area contributed by atoms with Crippen LogP contribution in [0.15, 0.2) is 15.1 Å². The summed E-state index contributed by atoms with van der Waals surface area (Å²) in [4.78, 5) is 0. The fraction of sp³-hybridized carbons (Fsp3) is 0.167. The van der Waals surface area contributed by atoms with Gasteiger partial charge in [0, 0.05) is 22.6 Å². The summed E-state index contributed by atoms with van der Waals surface area (Å²) in [7, 11) is 0. The van der Waals surface area contributed by atoms with Crippen molar-refractivity contribution in [2.24, 2.45) is 0 Å². The van der Waals surface area contributed by atoms with Gasteiger partial charge in [-0.2, -0.15) is 0 Å². The van der Waals surface area contributed by atoms with Crippen molar-refractivity contribution in [3.8, 4) is 11.5 Å². The number of aromatic nitrogens is 3. The molecule has 6 heteroatoms. The van der Waals surface area contributed by atoms with E-state index < -0.39 is 0 Å². The highest BCUT2D eigenvalue weighted by Gasteiger charge is 2.12. The molecule has 0 saturated carbocycles. The maximum Gasteiger partial charge on any atom is 0.278 e. The summed E-state index contributed by atoms with van der Waals surface area (Å²) in [6.07, 6.45) is 1.55. The van der Waals surface area contributed by atoms with Crippen molar-refractivity contribution in [3.05, 3.63) is 15.9 Å². The average molecular weight is 277 g/mol. The average Bonchev–Trinajstić information content (AvgIpc) is 2.58. The first-order valence-electron chi connectivity index (χ1n) is 3.18. The molecule has 0 N–H and O–H groups in total. The van der Waals surface area contributed by atoms with Crippen LogP contribution in [-0.4, -0.2) is 15.4 Å². The standard InChI is InChI=1S/C6H4IN3O2/c1-3-4(2-8-12-3)5-9-10-6(7)11-5/h2H,1H3. The molecule has 2 rings (SSSR count). The van der Waals surface area contributed by atoms with Crippen molar-refractivity contribution in [2.45, 2.75) is 6.92 Å². The molecule has 0 saturated heterocycles. The first-order valence-corrected chi connectivity index (χ1v) is 4.26. The summed E-state index contributed by atoms with van der Waals surface area (Å²) in [6.45, 7) is 1.79. The third-order valence-corrected chi connectivity index (χ3v) is 1.82. The van der Waals surface area contributed by atoms with Crippen LogP contribution in [-0.2, 0) is 0 Å². The summed E-state index contributed by atoms with van der Waals surface area (Å²) in [5, 5.41) is 11.1. The third kappa shape index (κ3) is 1.22. The van der Waals surface area contributed by atoms with Gasteiger partial charge < -0.3 is 8.94 Å². The zero-order valence-corrected chi connectivity index (χ0v) is 8.27. The van der Waals surface area contributed by atoms with Gasteiger partial charge in [0.2, 0.25) is 0 Å². The minimum Gasteiger partial charge on any atom is -0.412 e. The summed E-state index contributed by atoms with van der Waals surface area (Å²) in [6, 6.07) is 0. The second-order valence-corrected chi connectivity index (χ2v) is 3.08. The lowest BCUT2D eigenvalue weighted by Crippen LogP contribution is -1.76. The van der Waals surface area contributed by atoms with Gasteiger partial charge in [0.1, 0.15) is 11.3 Å². The molecule has 62 valence electrons. The largest absolute Gasteiger partial charge is 0.412 e. The highest BCUT2D eigenvalue weighted by atomic mass is 127. The van der Waals surface area contributed by atoms with Crippen LogP contribution < -0.4 is 0 Å². The Balaban J connectivity index is 2.50. The molecule has 0 aliphatic carbocycles. The van der Waals surface area contributed by atoms with Gasteiger partial charge in [0.25, 0.3) is 9.79 Å². The van der Waals surface area contributed by atoms with E-state index in [1.165, 1.54) is 0 Å². The Morgan fingerprint density at radius 1 is 1.42 bits per heavy atom. The lowest BCUT2D eigenvalue weighted by Gasteiger charge is -1.85. The van der Waals surface area contributed by atoms with Crippen molar-refractivity contribution in [2.75, 3.05) is 0 Å². The molecule has 2 heterocycles. The molecule has 0 amide bonds. The lowest BCUT2D eigenvalue weighted by molar-refractivity contribution is 0.397. The highest BCUT2D eigenvalue weighted by molar-refractivity contribution is 14.1. The molecule has 12 heavy (non-hydrogen) atoms. The number of aryl methyl sites for hydroxylation is 1. The van der Waals surface area contributed by atoms with Crippen LogP contribution in [0.4, 0.5) is 0 Å². The molecule has 0 aliphatic rings. The number of hydrogen-bond donors (Lipinski definition) is 0. The van der Waals surface area contributed by atoms with E-state index in [4.69, 9.17) is 8.94 Å². The molecule has 0 aliphatic heterocycles. The molecule has 0 aromatic carbocycles. The normalized spacial score (nSPS) is 10.5. The molecule has 0 fully saturated rings. The molecule has 0 atom stereocenters. The van der Waals surface area contributed by atoms with Gasteiger partial charge in [-0.3, -0.25) is 0 Å². The first-order chi connectivity index (χ1) is 5.77. The minimum absolute atomic E-state index is 0.443. The SMILES string of the molecule is Cc1oncc1-c1nnc(I)o1. The fourth-order valence-corrected chi connectivity index (χ4v) is 1.13. The van der Waals surface area contributed by atoms with Gasteiger partial charge >= 0.3 is 0 Å². The molecule has 0 radical (unpaired) electrons. The molecule has 2 aromatic heterocycles. The van der Waals surface area contributed by atoms with Gasteiger partial charge in [-0.25, -0.2) is 0 Å². The molecular formula is C6H4IN3O2. The van der Waals surface area contributed by atoms with E-state index in [1.54, 1.807) is 13.1 Å². The van der Waals surface area contributed by atoms with Crippen LogP contribution in [0, 0.1) is 10.8 Å². The lowest BCUT2D eigenvalue weighted by atomic mass is 10.3. The van der Waals surface area contributed by atoms with Gasteiger partial charge in [0.05, 0.1) is 6.20 Å². The maximum absolute atomic E-state index is 5.17. The van der Waals surface area contributed by atoms with E-state index in [9.17, 15) is 0 Å².